The van der Waals surface area contributed by atoms with Crippen molar-refractivity contribution in [2.45, 2.75) is 32.6 Å². The van der Waals surface area contributed by atoms with Gasteiger partial charge in [0.25, 0.3) is 0 Å². The van der Waals surface area contributed by atoms with Crippen LogP contribution in [0.3, 0.4) is 0 Å². The highest BCUT2D eigenvalue weighted by atomic mass is 32.2. The van der Waals surface area contributed by atoms with Crippen LogP contribution in [0, 0.1) is 28.1 Å². The predicted octanol–water partition coefficient (Wildman–Crippen LogP) is 2.52. The second-order valence-corrected chi connectivity index (χ2v) is 8.25. The van der Waals surface area contributed by atoms with Gasteiger partial charge in [-0.3, -0.25) is 0 Å². The highest BCUT2D eigenvalue weighted by Crippen LogP contribution is 2.67. The van der Waals surface area contributed by atoms with E-state index in [2.05, 4.69) is 32.4 Å². The van der Waals surface area contributed by atoms with Crippen LogP contribution < -0.4 is 4.72 Å². The van der Waals surface area contributed by atoms with Crippen LogP contribution in [0.5, 0.6) is 0 Å². The van der Waals surface area contributed by atoms with Crippen molar-refractivity contribution in [2.24, 2.45) is 16.7 Å². The van der Waals surface area contributed by atoms with Crippen LogP contribution in [0.2, 0.25) is 0 Å². The van der Waals surface area contributed by atoms with E-state index < -0.39 is 10.0 Å². The predicted molar refractivity (Wildman–Crippen MR) is 77.4 cm³/mol. The minimum Gasteiger partial charge on any atom is -0.211 e. The molecule has 5 heteroatoms. The Kier molecular flexibility index (Phi) is 3.43. The standard InChI is InChI=1S/C15H20N2O2S/c1-14(2)13(15(14,3)4)10-17-20(18,19)12-7-5-11(9-16)6-8-12/h5-8,13,17H,10H2,1-4H3. The van der Waals surface area contributed by atoms with E-state index in [9.17, 15) is 8.42 Å². The number of nitrogens with one attached hydrogen (secondary N) is 1. The van der Waals surface area contributed by atoms with Crippen LogP contribution in [0.25, 0.3) is 0 Å². The molecule has 20 heavy (non-hydrogen) atoms. The summed E-state index contributed by atoms with van der Waals surface area (Å²) in [7, 11) is -3.50. The molecule has 1 aliphatic carbocycles. The lowest BCUT2D eigenvalue weighted by molar-refractivity contribution is 0.457. The molecular weight excluding hydrogens is 272 g/mol. The van der Waals surface area contributed by atoms with Crippen molar-refractivity contribution in [1.82, 2.24) is 4.72 Å². The Morgan fingerprint density at radius 2 is 1.65 bits per heavy atom. The first-order valence-corrected chi connectivity index (χ1v) is 8.11. The van der Waals surface area contributed by atoms with Gasteiger partial charge < -0.3 is 0 Å². The fraction of sp³-hybridized carbons (Fsp3) is 0.533. The third-order valence-corrected chi connectivity index (χ3v) is 6.53. The van der Waals surface area contributed by atoms with E-state index >= 15 is 0 Å². The largest absolute Gasteiger partial charge is 0.240 e. The molecule has 0 spiro atoms. The van der Waals surface area contributed by atoms with E-state index in [0.29, 0.717) is 18.0 Å². The highest BCUT2D eigenvalue weighted by Gasteiger charge is 2.64. The molecule has 0 radical (unpaired) electrons. The number of nitrogens with zero attached hydrogens (tertiary/aromatic N) is 1. The van der Waals surface area contributed by atoms with Gasteiger partial charge in [0.15, 0.2) is 0 Å². The smallest absolute Gasteiger partial charge is 0.211 e. The molecule has 4 nitrogen and oxygen atoms in total. The molecular formula is C15H20N2O2S. The Balaban J connectivity index is 2.07. The summed E-state index contributed by atoms with van der Waals surface area (Å²) in [5.74, 6) is 0.336. The molecule has 0 saturated heterocycles. The van der Waals surface area contributed by atoms with Crippen molar-refractivity contribution in [3.05, 3.63) is 29.8 Å². The molecule has 0 aromatic heterocycles. The number of hydrogen-bond acceptors (Lipinski definition) is 3. The highest BCUT2D eigenvalue weighted by molar-refractivity contribution is 7.89. The summed E-state index contributed by atoms with van der Waals surface area (Å²) in [5.41, 5.74) is 0.758. The average molecular weight is 292 g/mol. The Morgan fingerprint density at radius 1 is 1.15 bits per heavy atom. The van der Waals surface area contributed by atoms with Crippen LogP contribution in [-0.2, 0) is 10.0 Å². The quantitative estimate of drug-likeness (QED) is 0.927. The van der Waals surface area contributed by atoms with Gasteiger partial charge in [0.2, 0.25) is 10.0 Å². The molecule has 1 N–H and O–H groups in total. The van der Waals surface area contributed by atoms with Gasteiger partial charge in [0.05, 0.1) is 16.5 Å². The summed E-state index contributed by atoms with van der Waals surface area (Å²) in [6.45, 7) is 9.09. The molecule has 108 valence electrons. The average Bonchev–Trinajstić information content (AvgIpc) is 2.77. The first-order chi connectivity index (χ1) is 9.13. The first-order valence-electron chi connectivity index (χ1n) is 6.63. The van der Waals surface area contributed by atoms with E-state index in [-0.39, 0.29) is 15.7 Å². The maximum absolute atomic E-state index is 12.2. The van der Waals surface area contributed by atoms with Gasteiger partial charge in [0.1, 0.15) is 0 Å². The summed E-state index contributed by atoms with van der Waals surface area (Å²) >= 11 is 0. The first kappa shape index (κ1) is 15.0. The monoisotopic (exact) mass is 292 g/mol. The lowest BCUT2D eigenvalue weighted by Crippen LogP contribution is -2.27. The van der Waals surface area contributed by atoms with Gasteiger partial charge in [-0.25, -0.2) is 13.1 Å². The van der Waals surface area contributed by atoms with Gasteiger partial charge in [-0.05, 0) is 41.0 Å². The van der Waals surface area contributed by atoms with E-state index in [1.807, 2.05) is 6.07 Å². The van der Waals surface area contributed by atoms with Crippen LogP contribution >= 0.6 is 0 Å². The van der Waals surface area contributed by atoms with E-state index in [1.54, 1.807) is 0 Å². The van der Waals surface area contributed by atoms with E-state index in [0.717, 1.165) is 0 Å². The van der Waals surface area contributed by atoms with Gasteiger partial charge in [-0.2, -0.15) is 5.26 Å². The minimum absolute atomic E-state index is 0.153. The SMILES string of the molecule is CC1(C)C(CNS(=O)(=O)c2ccc(C#N)cc2)C1(C)C. The molecule has 1 aromatic carbocycles. The van der Waals surface area contributed by atoms with Crippen LogP contribution in [-0.4, -0.2) is 15.0 Å². The van der Waals surface area contributed by atoms with Gasteiger partial charge in [-0.15, -0.1) is 0 Å². The van der Waals surface area contributed by atoms with Crippen LogP contribution in [0.15, 0.2) is 29.2 Å². The van der Waals surface area contributed by atoms with Crippen molar-refractivity contribution in [1.29, 1.82) is 5.26 Å². The molecule has 0 unspecified atom stereocenters. The van der Waals surface area contributed by atoms with Gasteiger partial charge in [0, 0.05) is 6.54 Å². The Morgan fingerprint density at radius 3 is 2.05 bits per heavy atom. The minimum atomic E-state index is -3.50. The summed E-state index contributed by atoms with van der Waals surface area (Å²) < 4.78 is 27.1. The molecule has 0 bridgehead atoms. The number of hydrogen-bond donors (Lipinski definition) is 1. The Labute approximate surface area is 120 Å². The molecule has 1 fully saturated rings. The van der Waals surface area contributed by atoms with Crippen molar-refractivity contribution < 1.29 is 8.42 Å². The topological polar surface area (TPSA) is 70.0 Å². The van der Waals surface area contributed by atoms with Crippen molar-refractivity contribution in [2.75, 3.05) is 6.54 Å². The van der Waals surface area contributed by atoms with Crippen LogP contribution in [0.4, 0.5) is 0 Å². The zero-order valence-electron chi connectivity index (χ0n) is 12.3. The molecule has 0 heterocycles. The van der Waals surface area contributed by atoms with Gasteiger partial charge in [-0.1, -0.05) is 27.7 Å². The van der Waals surface area contributed by atoms with E-state index in [4.69, 9.17) is 5.26 Å². The number of benzene rings is 1. The molecule has 0 aliphatic heterocycles. The molecule has 2 rings (SSSR count). The van der Waals surface area contributed by atoms with Crippen molar-refractivity contribution >= 4 is 10.0 Å². The fourth-order valence-electron chi connectivity index (χ4n) is 2.83. The van der Waals surface area contributed by atoms with Crippen LogP contribution in [0.1, 0.15) is 33.3 Å². The molecule has 0 amide bonds. The number of nitriles is 1. The fourth-order valence-corrected chi connectivity index (χ4v) is 3.88. The maximum atomic E-state index is 12.2. The summed E-state index contributed by atoms with van der Waals surface area (Å²) in [6.07, 6.45) is 0. The summed E-state index contributed by atoms with van der Waals surface area (Å²) in [4.78, 5) is 0.202. The molecule has 1 saturated carbocycles. The second kappa shape index (κ2) is 4.57. The van der Waals surface area contributed by atoms with Gasteiger partial charge >= 0.3 is 0 Å². The van der Waals surface area contributed by atoms with Crippen molar-refractivity contribution in [3.63, 3.8) is 0 Å². The molecule has 1 aliphatic rings. The normalized spacial score (nSPS) is 20.4. The van der Waals surface area contributed by atoms with E-state index in [1.165, 1.54) is 24.3 Å². The third kappa shape index (κ3) is 2.34. The lowest BCUT2D eigenvalue weighted by atomic mass is 10.0. The number of sulfonamides is 1. The summed E-state index contributed by atoms with van der Waals surface area (Å²) in [6, 6.07) is 7.92. The Hall–Kier alpha value is -1.38. The lowest BCUT2D eigenvalue weighted by Gasteiger charge is -2.07. The zero-order valence-corrected chi connectivity index (χ0v) is 13.1. The second-order valence-electron chi connectivity index (χ2n) is 6.48. The molecule has 0 atom stereocenters. The zero-order chi connectivity index (χ0) is 15.2. The Bertz CT molecular complexity index is 638. The third-order valence-electron chi connectivity index (χ3n) is 5.09. The molecule has 1 aromatic rings. The summed E-state index contributed by atoms with van der Waals surface area (Å²) in [5, 5.41) is 8.72. The van der Waals surface area contributed by atoms with Crippen molar-refractivity contribution in [3.8, 4) is 6.07 Å². The number of rotatable bonds is 4. The maximum Gasteiger partial charge on any atom is 0.240 e.